The van der Waals surface area contributed by atoms with Crippen LogP contribution in [0.1, 0.15) is 33.5 Å². The third-order valence-corrected chi connectivity index (χ3v) is 7.35. The summed E-state index contributed by atoms with van der Waals surface area (Å²) in [6, 6.07) is 17.3. The molecule has 0 saturated heterocycles. The Labute approximate surface area is 254 Å². The number of carbonyl (C=O) groups is 2. The Hall–Kier alpha value is -4.51. The fraction of sp³-hybridized carbons (Fsp3) is 0.333. The summed E-state index contributed by atoms with van der Waals surface area (Å²) in [5.74, 6) is 0.232. The van der Waals surface area contributed by atoms with Crippen molar-refractivity contribution < 1.29 is 37.0 Å². The largest absolute Gasteiger partial charge is 0.493 e. The van der Waals surface area contributed by atoms with Crippen molar-refractivity contribution in [2.75, 3.05) is 47.6 Å². The first-order valence-electron chi connectivity index (χ1n) is 14.1. The van der Waals surface area contributed by atoms with Crippen molar-refractivity contribution in [3.8, 4) is 11.5 Å². The molecule has 0 aliphatic rings. The zero-order valence-electron chi connectivity index (χ0n) is 24.9. The zero-order valence-corrected chi connectivity index (χ0v) is 24.9. The fourth-order valence-electron chi connectivity index (χ4n) is 4.98. The molecule has 0 aliphatic heterocycles. The number of hydrogen-bond acceptors (Lipinski definition) is 5. The number of alkyl halides is 3. The number of hydrogen-bond donors (Lipinski definition) is 1. The zero-order chi connectivity index (χ0) is 31.7. The van der Waals surface area contributed by atoms with Gasteiger partial charge in [0.25, 0.3) is 5.91 Å². The average Bonchev–Trinajstić information content (AvgIpc) is 3.44. The van der Waals surface area contributed by atoms with Crippen LogP contribution in [-0.2, 0) is 28.7 Å². The van der Waals surface area contributed by atoms with Gasteiger partial charge in [-0.1, -0.05) is 24.3 Å². The average molecular weight is 612 g/mol. The Morgan fingerprint density at radius 2 is 1.59 bits per heavy atom. The number of para-hydroxylation sites is 1. The van der Waals surface area contributed by atoms with Gasteiger partial charge in [-0.3, -0.25) is 9.59 Å². The van der Waals surface area contributed by atoms with Gasteiger partial charge in [-0.05, 0) is 66.4 Å². The van der Waals surface area contributed by atoms with Crippen molar-refractivity contribution in [1.29, 1.82) is 0 Å². The molecule has 2 amide bonds. The summed E-state index contributed by atoms with van der Waals surface area (Å²) in [4.78, 5) is 33.6. The van der Waals surface area contributed by atoms with Crippen molar-refractivity contribution in [1.82, 2.24) is 14.8 Å². The highest BCUT2D eigenvalue weighted by Crippen LogP contribution is 2.30. The number of aromatic nitrogens is 1. The van der Waals surface area contributed by atoms with E-state index in [-0.39, 0.29) is 31.1 Å². The summed E-state index contributed by atoms with van der Waals surface area (Å²) in [5, 5.41) is 1.06. The maximum atomic E-state index is 13.9. The van der Waals surface area contributed by atoms with E-state index in [1.165, 1.54) is 19.1 Å². The van der Waals surface area contributed by atoms with Crippen LogP contribution in [0.3, 0.4) is 0 Å². The molecule has 3 aromatic carbocycles. The van der Waals surface area contributed by atoms with Gasteiger partial charge in [0.1, 0.15) is 6.54 Å². The summed E-state index contributed by atoms with van der Waals surface area (Å²) in [6.45, 7) is 0.870. The molecule has 0 saturated carbocycles. The van der Waals surface area contributed by atoms with Gasteiger partial charge in [-0.2, -0.15) is 13.2 Å². The second-order valence-corrected chi connectivity index (χ2v) is 10.3. The van der Waals surface area contributed by atoms with Crippen LogP contribution >= 0.6 is 0 Å². The van der Waals surface area contributed by atoms with Crippen LogP contribution in [-0.4, -0.2) is 74.2 Å². The quantitative estimate of drug-likeness (QED) is 0.178. The van der Waals surface area contributed by atoms with Gasteiger partial charge >= 0.3 is 6.18 Å². The second kappa shape index (κ2) is 14.8. The van der Waals surface area contributed by atoms with E-state index in [2.05, 4.69) is 4.98 Å². The molecule has 0 unspecified atom stereocenters. The van der Waals surface area contributed by atoms with Crippen molar-refractivity contribution >= 4 is 22.7 Å². The summed E-state index contributed by atoms with van der Waals surface area (Å²) >= 11 is 0. The predicted octanol–water partition coefficient (Wildman–Crippen LogP) is 5.95. The molecule has 4 rings (SSSR count). The molecule has 0 radical (unpaired) electrons. The maximum absolute atomic E-state index is 13.9. The van der Waals surface area contributed by atoms with Crippen LogP contribution in [0, 0.1) is 0 Å². The van der Waals surface area contributed by atoms with E-state index in [4.69, 9.17) is 14.2 Å². The van der Waals surface area contributed by atoms with E-state index >= 15 is 0 Å². The van der Waals surface area contributed by atoms with Crippen molar-refractivity contribution in [3.63, 3.8) is 0 Å². The fourth-order valence-corrected chi connectivity index (χ4v) is 4.98. The molecule has 11 heteroatoms. The Bertz CT molecular complexity index is 1550. The molecule has 0 fully saturated rings. The SMILES string of the molecule is COCCCN(CC(=O)N(CCc1c[nH]c2ccccc12)Cc1ccc(OC)c(OC)c1)C(=O)c1ccc(C(F)(F)F)cc1. The van der Waals surface area contributed by atoms with Gasteiger partial charge in [-0.25, -0.2) is 0 Å². The highest BCUT2D eigenvalue weighted by Gasteiger charge is 2.31. The van der Waals surface area contributed by atoms with E-state index in [1.54, 1.807) is 24.1 Å². The standard InChI is InChI=1S/C33H36F3N3O5/c1-42-18-6-16-39(32(41)24-10-12-26(13-11-24)33(34,35)36)22-31(40)38(21-23-9-14-29(43-2)30(19-23)44-3)17-15-25-20-37-28-8-5-4-7-27(25)28/h4-5,7-14,19-20,37H,6,15-18,21-22H2,1-3H3. The van der Waals surface area contributed by atoms with Gasteiger partial charge in [0.05, 0.1) is 19.8 Å². The number of nitrogens with zero attached hydrogens (tertiary/aromatic N) is 2. The first-order valence-corrected chi connectivity index (χ1v) is 14.1. The molecule has 44 heavy (non-hydrogen) atoms. The smallest absolute Gasteiger partial charge is 0.416 e. The number of benzene rings is 3. The molecule has 1 heterocycles. The third kappa shape index (κ3) is 8.10. The molecule has 0 atom stereocenters. The van der Waals surface area contributed by atoms with Crippen molar-refractivity contribution in [3.05, 3.63) is 95.2 Å². The Balaban J connectivity index is 1.58. The number of H-pyrrole nitrogens is 1. The number of carbonyl (C=O) groups excluding carboxylic acids is 2. The normalized spacial score (nSPS) is 11.4. The van der Waals surface area contributed by atoms with Gasteiger partial charge in [0.2, 0.25) is 5.91 Å². The highest BCUT2D eigenvalue weighted by atomic mass is 19.4. The minimum absolute atomic E-state index is 0.0634. The topological polar surface area (TPSA) is 84.1 Å². The van der Waals surface area contributed by atoms with Gasteiger partial charge in [-0.15, -0.1) is 0 Å². The van der Waals surface area contributed by atoms with Crippen LogP contribution in [0.5, 0.6) is 11.5 Å². The van der Waals surface area contributed by atoms with Gasteiger partial charge in [0, 0.05) is 56.0 Å². The molecule has 1 N–H and O–H groups in total. The van der Waals surface area contributed by atoms with E-state index in [0.717, 1.165) is 46.3 Å². The molecule has 234 valence electrons. The molecule has 0 spiro atoms. The van der Waals surface area contributed by atoms with E-state index in [1.807, 2.05) is 36.5 Å². The number of ether oxygens (including phenoxy) is 3. The van der Waals surface area contributed by atoms with Gasteiger partial charge < -0.3 is 29.0 Å². The van der Waals surface area contributed by atoms with Crippen LogP contribution < -0.4 is 9.47 Å². The number of halogens is 3. The number of rotatable bonds is 14. The lowest BCUT2D eigenvalue weighted by molar-refractivity contribution is -0.137. The monoisotopic (exact) mass is 611 g/mol. The number of aromatic amines is 1. The molecule has 4 aromatic rings. The van der Waals surface area contributed by atoms with Crippen LogP contribution in [0.15, 0.2) is 72.9 Å². The van der Waals surface area contributed by atoms with Gasteiger partial charge in [0.15, 0.2) is 11.5 Å². The minimum atomic E-state index is -4.52. The molecule has 8 nitrogen and oxygen atoms in total. The van der Waals surface area contributed by atoms with Crippen LogP contribution in [0.25, 0.3) is 10.9 Å². The number of nitrogens with one attached hydrogen (secondary N) is 1. The Morgan fingerprint density at radius 1 is 0.864 bits per heavy atom. The van der Waals surface area contributed by atoms with Crippen LogP contribution in [0.2, 0.25) is 0 Å². The van der Waals surface area contributed by atoms with Crippen LogP contribution in [0.4, 0.5) is 13.2 Å². The van der Waals surface area contributed by atoms with E-state index in [9.17, 15) is 22.8 Å². The minimum Gasteiger partial charge on any atom is -0.493 e. The lowest BCUT2D eigenvalue weighted by Crippen LogP contribution is -2.44. The summed E-state index contributed by atoms with van der Waals surface area (Å²) < 4.78 is 55.2. The summed E-state index contributed by atoms with van der Waals surface area (Å²) in [6.07, 6.45) is -1.60. The first kappa shape index (κ1) is 32.4. The molecule has 1 aromatic heterocycles. The number of fused-ring (bicyclic) bond motifs is 1. The lowest BCUT2D eigenvalue weighted by Gasteiger charge is -2.28. The first-order chi connectivity index (χ1) is 21.1. The molecule has 0 bridgehead atoms. The molecular weight excluding hydrogens is 575 g/mol. The third-order valence-electron chi connectivity index (χ3n) is 7.35. The number of amides is 2. The highest BCUT2D eigenvalue weighted by molar-refractivity contribution is 5.96. The van der Waals surface area contributed by atoms with E-state index < -0.39 is 17.6 Å². The predicted molar refractivity (Wildman–Crippen MR) is 161 cm³/mol. The van der Waals surface area contributed by atoms with Crippen molar-refractivity contribution in [2.45, 2.75) is 25.6 Å². The number of methoxy groups -OCH3 is 3. The van der Waals surface area contributed by atoms with E-state index in [0.29, 0.717) is 37.5 Å². The summed E-state index contributed by atoms with van der Waals surface area (Å²) in [7, 11) is 4.61. The second-order valence-electron chi connectivity index (χ2n) is 10.3. The Morgan fingerprint density at radius 3 is 2.27 bits per heavy atom. The molecular formula is C33H36F3N3O5. The summed E-state index contributed by atoms with van der Waals surface area (Å²) in [5.41, 5.74) is 2.05. The van der Waals surface area contributed by atoms with Crippen molar-refractivity contribution in [2.24, 2.45) is 0 Å². The molecule has 0 aliphatic carbocycles. The maximum Gasteiger partial charge on any atom is 0.416 e. The Kier molecular flexibility index (Phi) is 10.9. The lowest BCUT2D eigenvalue weighted by atomic mass is 10.1.